The van der Waals surface area contributed by atoms with Gasteiger partial charge in [-0.1, -0.05) is 26.0 Å². The van der Waals surface area contributed by atoms with E-state index in [9.17, 15) is 14.0 Å². The first-order valence-corrected chi connectivity index (χ1v) is 13.4. The molecule has 1 unspecified atom stereocenters. The number of piperidine rings is 1. The molecule has 1 fully saturated rings. The molecule has 1 saturated heterocycles. The summed E-state index contributed by atoms with van der Waals surface area (Å²) in [5.41, 5.74) is 5.19. The smallest absolute Gasteiger partial charge is 0.337 e. The van der Waals surface area contributed by atoms with Crippen LogP contribution in [0.1, 0.15) is 64.4 Å². The van der Waals surface area contributed by atoms with Crippen LogP contribution in [0, 0.1) is 5.82 Å². The number of hydrogen-bond acceptors (Lipinski definition) is 4. The van der Waals surface area contributed by atoms with E-state index < -0.39 is 0 Å². The summed E-state index contributed by atoms with van der Waals surface area (Å²) in [6.07, 6.45) is 3.95. The van der Waals surface area contributed by atoms with Gasteiger partial charge in [0.25, 0.3) is 5.91 Å². The summed E-state index contributed by atoms with van der Waals surface area (Å²) in [4.78, 5) is 27.5. The second-order valence-corrected chi connectivity index (χ2v) is 10.5. The lowest BCUT2D eigenvalue weighted by Crippen LogP contribution is -2.47. The number of carbonyl (C=O) groups excluding carboxylic acids is 2. The Hall–Kier alpha value is -3.97. The maximum atomic E-state index is 13.6. The van der Waals surface area contributed by atoms with Gasteiger partial charge in [0.05, 0.1) is 18.2 Å². The Balaban J connectivity index is 1.36. The number of amides is 1. The van der Waals surface area contributed by atoms with Crippen molar-refractivity contribution in [3.8, 4) is 5.69 Å². The predicted octanol–water partition coefficient (Wildman–Crippen LogP) is 6.07. The molecule has 4 aromatic rings. The zero-order chi connectivity index (χ0) is 27.5. The van der Waals surface area contributed by atoms with Crippen LogP contribution in [0.15, 0.2) is 72.9 Å². The van der Waals surface area contributed by atoms with Crippen LogP contribution in [-0.2, 0) is 11.3 Å². The van der Waals surface area contributed by atoms with Gasteiger partial charge < -0.3 is 14.6 Å². The van der Waals surface area contributed by atoms with Crippen molar-refractivity contribution in [2.75, 3.05) is 20.2 Å². The van der Waals surface area contributed by atoms with Crippen LogP contribution in [-0.4, -0.2) is 47.6 Å². The largest absolute Gasteiger partial charge is 0.465 e. The molecular weight excluding hydrogens is 493 g/mol. The van der Waals surface area contributed by atoms with Crippen LogP contribution >= 0.6 is 0 Å². The Kier molecular flexibility index (Phi) is 7.79. The highest BCUT2D eigenvalue weighted by atomic mass is 19.1. The van der Waals surface area contributed by atoms with Crippen LogP contribution in [0.25, 0.3) is 16.6 Å². The van der Waals surface area contributed by atoms with Gasteiger partial charge in [0.1, 0.15) is 5.82 Å². The number of fused-ring (bicyclic) bond motifs is 1. The van der Waals surface area contributed by atoms with E-state index >= 15 is 0 Å². The zero-order valence-corrected chi connectivity index (χ0v) is 22.6. The summed E-state index contributed by atoms with van der Waals surface area (Å²) in [6, 6.07) is 19.8. The molecule has 0 aliphatic carbocycles. The van der Waals surface area contributed by atoms with Crippen molar-refractivity contribution in [1.29, 1.82) is 0 Å². The molecule has 0 spiro atoms. The molecule has 7 heteroatoms. The summed E-state index contributed by atoms with van der Waals surface area (Å²) in [5.74, 6) is -0.306. The first-order chi connectivity index (χ1) is 18.8. The fourth-order valence-electron chi connectivity index (χ4n) is 5.33. The van der Waals surface area contributed by atoms with Gasteiger partial charge in [-0.2, -0.15) is 0 Å². The molecule has 1 aliphatic heterocycles. The standard InChI is InChI=1S/C32H34FN3O3/c1-21(2)22-6-8-23(9-7-22)31(37)34-27-5-4-16-35(20-27)18-25-19-36(28-13-11-26(33)12-14-28)30-15-10-24(17-29(25)30)32(38)39-3/h6-15,17,19,21,27H,4-5,16,18,20H2,1-3H3,(H,34,37). The maximum absolute atomic E-state index is 13.6. The molecule has 2 heterocycles. The summed E-state index contributed by atoms with van der Waals surface area (Å²) in [7, 11) is 1.37. The Bertz CT molecular complexity index is 1480. The summed E-state index contributed by atoms with van der Waals surface area (Å²) in [5, 5.41) is 4.17. The fourth-order valence-corrected chi connectivity index (χ4v) is 5.33. The number of nitrogens with one attached hydrogen (secondary N) is 1. The van der Waals surface area contributed by atoms with E-state index in [2.05, 4.69) is 30.3 Å². The van der Waals surface area contributed by atoms with Crippen molar-refractivity contribution in [1.82, 2.24) is 14.8 Å². The minimum atomic E-state index is -0.389. The van der Waals surface area contributed by atoms with Crippen LogP contribution in [0.4, 0.5) is 4.39 Å². The lowest BCUT2D eigenvalue weighted by atomic mass is 10.0. The van der Waals surface area contributed by atoms with Gasteiger partial charge in [-0.3, -0.25) is 9.69 Å². The quantitative estimate of drug-likeness (QED) is 0.296. The van der Waals surface area contributed by atoms with Gasteiger partial charge in [0.2, 0.25) is 0 Å². The number of benzene rings is 3. The molecule has 1 N–H and O–H groups in total. The van der Waals surface area contributed by atoms with Crippen molar-refractivity contribution < 1.29 is 18.7 Å². The van der Waals surface area contributed by atoms with E-state index in [1.54, 1.807) is 18.2 Å². The van der Waals surface area contributed by atoms with E-state index in [4.69, 9.17) is 4.74 Å². The Morgan fingerprint density at radius 1 is 1.03 bits per heavy atom. The zero-order valence-electron chi connectivity index (χ0n) is 22.6. The molecule has 3 aromatic carbocycles. The van der Waals surface area contributed by atoms with Crippen LogP contribution < -0.4 is 5.32 Å². The van der Waals surface area contributed by atoms with Gasteiger partial charge >= 0.3 is 5.97 Å². The van der Waals surface area contributed by atoms with Crippen molar-refractivity contribution >= 4 is 22.8 Å². The maximum Gasteiger partial charge on any atom is 0.337 e. The van der Waals surface area contributed by atoms with Crippen LogP contribution in [0.2, 0.25) is 0 Å². The molecule has 1 aliphatic rings. The third-order valence-corrected chi connectivity index (χ3v) is 7.49. The first-order valence-electron chi connectivity index (χ1n) is 13.4. The van der Waals surface area contributed by atoms with Crippen molar-refractivity contribution in [3.63, 3.8) is 0 Å². The minimum Gasteiger partial charge on any atom is -0.465 e. The molecule has 1 amide bonds. The molecule has 1 atom stereocenters. The van der Waals surface area contributed by atoms with E-state index in [1.165, 1.54) is 24.8 Å². The fraction of sp³-hybridized carbons (Fsp3) is 0.312. The van der Waals surface area contributed by atoms with Crippen LogP contribution in [0.5, 0.6) is 0 Å². The third-order valence-electron chi connectivity index (χ3n) is 7.49. The van der Waals surface area contributed by atoms with Crippen molar-refractivity contribution in [2.24, 2.45) is 0 Å². The number of methoxy groups -OCH3 is 1. The van der Waals surface area contributed by atoms with E-state index in [1.807, 2.05) is 41.0 Å². The normalized spacial score (nSPS) is 16.0. The number of nitrogens with zero attached hydrogens (tertiary/aromatic N) is 2. The van der Waals surface area contributed by atoms with Gasteiger partial charge in [-0.05, 0) is 91.0 Å². The lowest BCUT2D eigenvalue weighted by Gasteiger charge is -2.33. The molecule has 0 bridgehead atoms. The Labute approximate surface area is 228 Å². The number of esters is 1. The molecule has 5 rings (SSSR count). The monoisotopic (exact) mass is 527 g/mol. The molecular formula is C32H34FN3O3. The predicted molar refractivity (Wildman–Crippen MR) is 151 cm³/mol. The molecule has 202 valence electrons. The number of ether oxygens (including phenoxy) is 1. The topological polar surface area (TPSA) is 63.6 Å². The lowest BCUT2D eigenvalue weighted by molar-refractivity contribution is 0.0600. The molecule has 39 heavy (non-hydrogen) atoms. The van der Waals surface area contributed by atoms with Gasteiger partial charge in [0, 0.05) is 42.0 Å². The SMILES string of the molecule is COC(=O)c1ccc2c(c1)c(CN1CCCC(NC(=O)c3ccc(C(C)C)cc3)C1)cn2-c1ccc(F)cc1. The van der Waals surface area contributed by atoms with E-state index in [-0.39, 0.29) is 23.7 Å². The molecule has 6 nitrogen and oxygen atoms in total. The number of hydrogen-bond donors (Lipinski definition) is 1. The van der Waals surface area contributed by atoms with Gasteiger partial charge in [-0.25, -0.2) is 9.18 Å². The third kappa shape index (κ3) is 5.88. The highest BCUT2D eigenvalue weighted by Crippen LogP contribution is 2.28. The Morgan fingerprint density at radius 3 is 2.44 bits per heavy atom. The number of aromatic nitrogens is 1. The van der Waals surface area contributed by atoms with Crippen LogP contribution in [0.3, 0.4) is 0 Å². The number of likely N-dealkylation sites (tertiary alicyclic amines) is 1. The minimum absolute atomic E-state index is 0.0482. The molecule has 0 saturated carbocycles. The molecule has 0 radical (unpaired) electrons. The summed E-state index contributed by atoms with van der Waals surface area (Å²) < 4.78 is 20.6. The van der Waals surface area contributed by atoms with E-state index in [0.29, 0.717) is 23.6 Å². The number of halogens is 1. The first kappa shape index (κ1) is 26.6. The van der Waals surface area contributed by atoms with E-state index in [0.717, 1.165) is 48.1 Å². The van der Waals surface area contributed by atoms with Crippen molar-refractivity contribution in [3.05, 3.63) is 101 Å². The number of rotatable bonds is 7. The summed E-state index contributed by atoms with van der Waals surface area (Å²) >= 11 is 0. The molecule has 1 aromatic heterocycles. The van der Waals surface area contributed by atoms with Crippen molar-refractivity contribution in [2.45, 2.75) is 45.2 Å². The van der Waals surface area contributed by atoms with Gasteiger partial charge in [0.15, 0.2) is 0 Å². The van der Waals surface area contributed by atoms with Gasteiger partial charge in [-0.15, -0.1) is 0 Å². The highest BCUT2D eigenvalue weighted by molar-refractivity contribution is 5.96. The average Bonchev–Trinajstić information content (AvgIpc) is 3.30. The second kappa shape index (κ2) is 11.4. The second-order valence-electron chi connectivity index (χ2n) is 10.5. The highest BCUT2D eigenvalue weighted by Gasteiger charge is 2.24. The Morgan fingerprint density at radius 2 is 1.74 bits per heavy atom. The average molecular weight is 528 g/mol. The summed E-state index contributed by atoms with van der Waals surface area (Å²) in [6.45, 7) is 6.58. The number of carbonyl (C=O) groups is 2.